The number of hydrogen-bond acceptors (Lipinski definition) is 13. The quantitative estimate of drug-likeness (QED) is 0.159. The minimum absolute atomic E-state index is 0.0418. The number of Topliss-reactive ketones (excluding diaryl/α,β-unsaturated/α-hetero) is 1. The third-order valence-corrected chi connectivity index (χ3v) is 8.56. The molecule has 13 nitrogen and oxygen atoms in total. The van der Waals surface area contributed by atoms with Gasteiger partial charge in [0.1, 0.15) is 29.5 Å². The molecule has 2 aromatic carbocycles. The van der Waals surface area contributed by atoms with Crippen molar-refractivity contribution in [2.24, 2.45) is 0 Å². The Morgan fingerprint density at radius 1 is 1.14 bits per heavy atom. The van der Waals surface area contributed by atoms with Gasteiger partial charge in [0.2, 0.25) is 5.78 Å². The van der Waals surface area contributed by atoms with E-state index in [4.69, 9.17) is 14.2 Å². The molecule has 6 rings (SSSR count). The number of aliphatic hydroxyl groups is 3. The maximum atomic E-state index is 13.8. The summed E-state index contributed by atoms with van der Waals surface area (Å²) in [6.07, 6.45) is -4.70. The van der Waals surface area contributed by atoms with Crippen molar-refractivity contribution in [3.63, 3.8) is 0 Å². The summed E-state index contributed by atoms with van der Waals surface area (Å²) < 4.78 is 17.4. The van der Waals surface area contributed by atoms with E-state index in [1.807, 2.05) is 5.01 Å². The van der Waals surface area contributed by atoms with E-state index >= 15 is 0 Å². The van der Waals surface area contributed by atoms with E-state index in [2.05, 4.69) is 5.43 Å². The first-order valence-corrected chi connectivity index (χ1v) is 13.7. The molecule has 0 radical (unpaired) electrons. The van der Waals surface area contributed by atoms with E-state index < -0.39 is 95.7 Å². The van der Waals surface area contributed by atoms with Crippen LogP contribution in [0.1, 0.15) is 68.8 Å². The predicted octanol–water partition coefficient (Wildman–Crippen LogP) is -0.137. The summed E-state index contributed by atoms with van der Waals surface area (Å²) in [5.41, 5.74) is -0.315. The van der Waals surface area contributed by atoms with Gasteiger partial charge in [-0.3, -0.25) is 14.4 Å². The van der Waals surface area contributed by atoms with Crippen molar-refractivity contribution >= 4 is 17.3 Å². The van der Waals surface area contributed by atoms with Gasteiger partial charge in [-0.25, -0.2) is 10.4 Å². The monoisotopic (exact) mass is 584 g/mol. The van der Waals surface area contributed by atoms with Crippen LogP contribution in [-0.4, -0.2) is 105 Å². The molecule has 6 atom stereocenters. The van der Waals surface area contributed by atoms with Crippen LogP contribution >= 0.6 is 0 Å². The van der Waals surface area contributed by atoms with E-state index in [0.29, 0.717) is 0 Å². The molecular weight excluding hydrogens is 552 g/mol. The average Bonchev–Trinajstić information content (AvgIpc) is 3.79. The molecule has 0 amide bonds. The maximum Gasteiger partial charge on any atom is 0.202 e. The molecule has 42 heavy (non-hydrogen) atoms. The zero-order chi connectivity index (χ0) is 30.1. The minimum atomic E-state index is -2.23. The average molecular weight is 585 g/mol. The Bertz CT molecular complexity index is 1490. The van der Waals surface area contributed by atoms with Gasteiger partial charge in [0, 0.05) is 49.0 Å². The lowest BCUT2D eigenvalue weighted by molar-refractivity contribution is -0.251. The molecule has 13 heteroatoms. The van der Waals surface area contributed by atoms with Crippen molar-refractivity contribution in [3.8, 4) is 17.2 Å². The standard InChI is InChI=1S/C29H32N2O11/c1-12-24(34)15(30-31-6-7-31)8-19(41-12)42-17-10-29(39,18(33)11-32)9-14-21(17)28(38)23-22(26(14)36)25(35)13-4-3-5-16(40-2)20(13)27(23)37/h3-5,12,15,17,19,24,30,32,34,36,38-39H,6-11H2,1-2H3/t12?,15?,17-,19?,24?,29-/m0/s1. The molecule has 0 bridgehead atoms. The molecule has 0 spiro atoms. The second-order valence-corrected chi connectivity index (χ2v) is 11.2. The molecule has 2 aliphatic heterocycles. The molecule has 224 valence electrons. The second-order valence-electron chi connectivity index (χ2n) is 11.2. The number of rotatable bonds is 7. The largest absolute Gasteiger partial charge is 0.507 e. The van der Waals surface area contributed by atoms with Crippen molar-refractivity contribution in [2.75, 3.05) is 26.8 Å². The molecular formula is C29H32N2O11. The Balaban J connectivity index is 1.46. The highest BCUT2D eigenvalue weighted by Gasteiger charge is 2.50. The van der Waals surface area contributed by atoms with Crippen molar-refractivity contribution in [3.05, 3.63) is 51.6 Å². The van der Waals surface area contributed by atoms with Gasteiger partial charge in [0.25, 0.3) is 0 Å². The number of nitrogens with one attached hydrogen (secondary N) is 1. The van der Waals surface area contributed by atoms with Crippen molar-refractivity contribution in [1.82, 2.24) is 10.4 Å². The van der Waals surface area contributed by atoms with E-state index in [1.165, 1.54) is 25.3 Å². The van der Waals surface area contributed by atoms with Crippen molar-refractivity contribution < 1.29 is 54.1 Å². The highest BCUT2D eigenvalue weighted by Crippen LogP contribution is 2.52. The Hall–Kier alpha value is -3.43. The van der Waals surface area contributed by atoms with Crippen LogP contribution < -0.4 is 10.2 Å². The molecule has 2 aromatic rings. The lowest BCUT2D eigenvalue weighted by Crippen LogP contribution is -2.55. The van der Waals surface area contributed by atoms with Crippen LogP contribution in [0.5, 0.6) is 17.2 Å². The van der Waals surface area contributed by atoms with Crippen LogP contribution in [0.25, 0.3) is 0 Å². The van der Waals surface area contributed by atoms with Crippen LogP contribution in [0.3, 0.4) is 0 Å². The van der Waals surface area contributed by atoms with Gasteiger partial charge < -0.3 is 39.7 Å². The van der Waals surface area contributed by atoms with Crippen LogP contribution in [0.15, 0.2) is 18.2 Å². The highest BCUT2D eigenvalue weighted by atomic mass is 16.7. The molecule has 6 N–H and O–H groups in total. The number of ether oxygens (including phenoxy) is 3. The summed E-state index contributed by atoms with van der Waals surface area (Å²) in [4.78, 5) is 40.1. The molecule has 2 heterocycles. The Morgan fingerprint density at radius 2 is 1.86 bits per heavy atom. The number of nitrogens with zero attached hydrogens (tertiary/aromatic N) is 1. The van der Waals surface area contributed by atoms with Crippen molar-refractivity contribution in [2.45, 2.75) is 62.4 Å². The van der Waals surface area contributed by atoms with Crippen LogP contribution in [0, 0.1) is 0 Å². The van der Waals surface area contributed by atoms with Crippen LogP contribution in [0.2, 0.25) is 0 Å². The first kappa shape index (κ1) is 28.7. The highest BCUT2D eigenvalue weighted by molar-refractivity contribution is 6.31. The van der Waals surface area contributed by atoms with E-state index in [1.54, 1.807) is 6.92 Å². The number of hydrogen-bond donors (Lipinski definition) is 6. The zero-order valence-electron chi connectivity index (χ0n) is 23.0. The fourth-order valence-corrected chi connectivity index (χ4v) is 6.26. The molecule has 2 aliphatic carbocycles. The zero-order valence-corrected chi connectivity index (χ0v) is 23.0. The number of phenols is 2. The fraction of sp³-hybridized carbons (Fsp3) is 0.483. The summed E-state index contributed by atoms with van der Waals surface area (Å²) in [5, 5.41) is 56.6. The number of carbonyl (C=O) groups is 3. The fourth-order valence-electron chi connectivity index (χ4n) is 6.26. The molecule has 4 unspecified atom stereocenters. The van der Waals surface area contributed by atoms with Gasteiger partial charge in [-0.05, 0) is 13.0 Å². The smallest absolute Gasteiger partial charge is 0.202 e. The lowest BCUT2D eigenvalue weighted by atomic mass is 9.72. The number of methoxy groups -OCH3 is 1. The van der Waals surface area contributed by atoms with Crippen LogP contribution in [0.4, 0.5) is 0 Å². The Kier molecular flexibility index (Phi) is 7.09. The first-order valence-electron chi connectivity index (χ1n) is 13.7. The van der Waals surface area contributed by atoms with E-state index in [0.717, 1.165) is 13.1 Å². The summed E-state index contributed by atoms with van der Waals surface area (Å²) >= 11 is 0. The number of phenolic OH excluding ortho intramolecular Hbond substituents is 2. The Labute approximate surface area is 240 Å². The summed E-state index contributed by atoms with van der Waals surface area (Å²) in [7, 11) is 1.33. The summed E-state index contributed by atoms with van der Waals surface area (Å²) in [5.74, 6) is -3.68. The lowest BCUT2D eigenvalue weighted by Gasteiger charge is -2.43. The van der Waals surface area contributed by atoms with Gasteiger partial charge in [0.15, 0.2) is 17.9 Å². The number of hydrazine groups is 1. The topological polar surface area (TPSA) is 195 Å². The Morgan fingerprint density at radius 3 is 2.52 bits per heavy atom. The third-order valence-electron chi connectivity index (χ3n) is 8.56. The number of fused-ring (bicyclic) bond motifs is 3. The molecule has 2 saturated heterocycles. The van der Waals surface area contributed by atoms with Gasteiger partial charge in [-0.1, -0.05) is 12.1 Å². The molecule has 2 fully saturated rings. The first-order chi connectivity index (χ1) is 20.0. The van der Waals surface area contributed by atoms with Gasteiger partial charge in [0.05, 0.1) is 48.2 Å². The second kappa shape index (κ2) is 10.4. The summed E-state index contributed by atoms with van der Waals surface area (Å²) in [6.45, 7) is 2.28. The van der Waals surface area contributed by atoms with Gasteiger partial charge in [-0.15, -0.1) is 0 Å². The van der Waals surface area contributed by atoms with E-state index in [9.17, 15) is 39.9 Å². The van der Waals surface area contributed by atoms with E-state index in [-0.39, 0.29) is 34.4 Å². The summed E-state index contributed by atoms with van der Waals surface area (Å²) in [6, 6.07) is 3.95. The van der Waals surface area contributed by atoms with Crippen molar-refractivity contribution in [1.29, 1.82) is 0 Å². The number of carbonyl (C=O) groups excluding carboxylic acids is 3. The number of aliphatic hydroxyl groups excluding tert-OH is 2. The number of ketones is 3. The number of aromatic hydroxyl groups is 2. The third kappa shape index (κ3) is 4.48. The van der Waals surface area contributed by atoms with Gasteiger partial charge in [-0.2, -0.15) is 0 Å². The minimum Gasteiger partial charge on any atom is -0.507 e. The molecule has 0 saturated carbocycles. The van der Waals surface area contributed by atoms with Gasteiger partial charge >= 0.3 is 0 Å². The van der Waals surface area contributed by atoms with Crippen LogP contribution in [-0.2, 0) is 20.7 Å². The molecule has 0 aromatic heterocycles. The number of benzene rings is 2. The normalized spacial score (nSPS) is 30.4. The maximum absolute atomic E-state index is 13.8. The SMILES string of the molecule is COc1cccc2c1C(=O)c1c(O)c3c(c(O)c1C2=O)C[C@@](O)(C(=O)CO)C[C@@H]3OC1CC(NN2CC2)C(O)C(C)O1. The molecule has 4 aliphatic rings. The predicted molar refractivity (Wildman–Crippen MR) is 142 cm³/mol.